The molecule has 182 valence electrons. The summed E-state index contributed by atoms with van der Waals surface area (Å²) in [6.07, 6.45) is 2.31. The van der Waals surface area contributed by atoms with Crippen molar-refractivity contribution in [1.29, 1.82) is 0 Å². The highest BCUT2D eigenvalue weighted by Crippen LogP contribution is 2.29. The summed E-state index contributed by atoms with van der Waals surface area (Å²) in [4.78, 5) is 10.7. The molecule has 0 atom stereocenters. The Hall–Kier alpha value is -2.76. The number of ether oxygens (including phenoxy) is 1. The van der Waals surface area contributed by atoms with E-state index >= 15 is 0 Å². The normalized spacial score (nSPS) is 10.9. The molecule has 1 aromatic heterocycles. The molecular weight excluding hydrogens is 442 g/mol. The van der Waals surface area contributed by atoms with Crippen LogP contribution in [0.3, 0.4) is 0 Å². The van der Waals surface area contributed by atoms with Gasteiger partial charge >= 0.3 is 5.97 Å². The second-order valence-electron chi connectivity index (χ2n) is 8.27. The molecule has 0 spiro atoms. The van der Waals surface area contributed by atoms with Crippen LogP contribution in [0.5, 0.6) is 0 Å². The number of rotatable bonds is 7. The zero-order chi connectivity index (χ0) is 25.1. The Balaban J connectivity index is 0.000000317. The summed E-state index contributed by atoms with van der Waals surface area (Å²) < 4.78 is 7.61. The number of aromatic carboxylic acids is 1. The molecule has 4 nitrogen and oxygen atoms in total. The van der Waals surface area contributed by atoms with E-state index < -0.39 is 5.97 Å². The molecule has 1 heterocycles. The topological polar surface area (TPSA) is 51.5 Å². The summed E-state index contributed by atoms with van der Waals surface area (Å²) in [7, 11) is 0. The molecule has 0 amide bonds. The van der Waals surface area contributed by atoms with E-state index in [9.17, 15) is 4.79 Å². The van der Waals surface area contributed by atoms with Crippen molar-refractivity contribution in [2.24, 2.45) is 0 Å². The van der Waals surface area contributed by atoms with E-state index in [0.29, 0.717) is 12.1 Å². The first-order chi connectivity index (χ1) is 16.3. The maximum atomic E-state index is 11.0. The van der Waals surface area contributed by atoms with Crippen LogP contribution in [0.2, 0.25) is 0 Å². The lowest BCUT2D eigenvalue weighted by Gasteiger charge is -2.17. The van der Waals surface area contributed by atoms with Crippen LogP contribution in [0.25, 0.3) is 21.8 Å². The van der Waals surface area contributed by atoms with E-state index in [-0.39, 0.29) is 4.93 Å². The molecule has 5 heteroatoms. The molecule has 0 aliphatic rings. The molecule has 0 saturated heterocycles. The second-order valence-corrected chi connectivity index (χ2v) is 9.35. The van der Waals surface area contributed by atoms with Crippen molar-refractivity contribution in [3.05, 3.63) is 83.9 Å². The van der Waals surface area contributed by atoms with Crippen LogP contribution in [0.4, 0.5) is 0 Å². The molecule has 0 radical (unpaired) electrons. The fourth-order valence-corrected chi connectivity index (χ4v) is 3.67. The van der Waals surface area contributed by atoms with E-state index in [2.05, 4.69) is 60.5 Å². The molecule has 34 heavy (non-hydrogen) atoms. The number of nitrogens with zero attached hydrogens (tertiary/aromatic N) is 1. The number of aromatic nitrogens is 1. The first-order valence-electron chi connectivity index (χ1n) is 11.9. The van der Waals surface area contributed by atoms with Crippen LogP contribution < -0.4 is 0 Å². The number of hydrogen-bond acceptors (Lipinski definition) is 3. The van der Waals surface area contributed by atoms with Crippen molar-refractivity contribution in [2.75, 3.05) is 6.61 Å². The average Bonchev–Trinajstić information content (AvgIpc) is 3.14. The molecular formula is C29H37NO3S. The highest BCUT2D eigenvalue weighted by molar-refractivity contribution is 7.81. The molecule has 4 aromatic rings. The molecule has 0 saturated carbocycles. The Bertz CT molecular complexity index is 1120. The first-order valence-corrected chi connectivity index (χ1v) is 12.4. The van der Waals surface area contributed by atoms with E-state index in [1.165, 1.54) is 28.2 Å². The Morgan fingerprint density at radius 3 is 1.85 bits per heavy atom. The molecule has 0 unspecified atom stereocenters. The minimum atomic E-state index is -0.895. The van der Waals surface area contributed by atoms with Gasteiger partial charge in [0.05, 0.1) is 5.56 Å². The first kappa shape index (κ1) is 27.5. The third-order valence-electron chi connectivity index (χ3n) is 5.17. The second kappa shape index (κ2) is 13.2. The van der Waals surface area contributed by atoms with Crippen LogP contribution in [0.15, 0.2) is 72.8 Å². The highest BCUT2D eigenvalue weighted by atomic mass is 32.1. The lowest BCUT2D eigenvalue weighted by atomic mass is 10.1. The Labute approximate surface area is 209 Å². The van der Waals surface area contributed by atoms with Crippen molar-refractivity contribution in [1.82, 2.24) is 4.57 Å². The minimum absolute atomic E-state index is 0.255. The molecule has 0 bridgehead atoms. The molecule has 3 aromatic carbocycles. The lowest BCUT2D eigenvalue weighted by Crippen LogP contribution is -2.16. The zero-order valence-corrected chi connectivity index (χ0v) is 21.8. The van der Waals surface area contributed by atoms with Gasteiger partial charge in [0.2, 0.25) is 0 Å². The summed E-state index contributed by atoms with van der Waals surface area (Å²) in [6, 6.07) is 23.8. The molecule has 1 N–H and O–H groups in total. The van der Waals surface area contributed by atoms with Crippen molar-refractivity contribution < 1.29 is 14.6 Å². The number of thiol groups is 1. The number of fused-ring (bicyclic) bond motifs is 3. The monoisotopic (exact) mass is 479 g/mol. The quantitative estimate of drug-likeness (QED) is 0.160. The van der Waals surface area contributed by atoms with Gasteiger partial charge in [0, 0.05) is 35.0 Å². The molecule has 0 aliphatic heterocycles. The number of hydrogen-bond donors (Lipinski definition) is 2. The number of unbranched alkanes of at least 4 members (excludes halogenated alkanes) is 1. The van der Waals surface area contributed by atoms with E-state index in [0.717, 1.165) is 18.6 Å². The van der Waals surface area contributed by atoms with E-state index in [4.69, 9.17) is 9.84 Å². The fourth-order valence-electron chi connectivity index (χ4n) is 3.58. The van der Waals surface area contributed by atoms with Crippen LogP contribution in [-0.2, 0) is 11.3 Å². The summed E-state index contributed by atoms with van der Waals surface area (Å²) >= 11 is 4.21. The van der Waals surface area contributed by atoms with Crippen molar-refractivity contribution in [2.45, 2.75) is 58.9 Å². The standard InChI is InChI=1S/C20H15NO2.C7H16OS.C2H6/c22-20(23)15-11-9-14(10-12-15)13-21-18-7-3-1-5-16(18)17-6-2-4-8-19(17)21;1-4-5-6-8-7(2,3)9;1-2/h1-12H,13H2,(H,22,23);9H,4-6H2,1-3H3;1-2H3. The summed E-state index contributed by atoms with van der Waals surface area (Å²) in [6.45, 7) is 11.6. The number of benzene rings is 3. The van der Waals surface area contributed by atoms with Gasteiger partial charge in [-0.2, -0.15) is 0 Å². The van der Waals surface area contributed by atoms with Gasteiger partial charge in [-0.05, 0) is 50.1 Å². The van der Waals surface area contributed by atoms with Crippen molar-refractivity contribution in [3.8, 4) is 0 Å². The van der Waals surface area contributed by atoms with Crippen molar-refractivity contribution >= 4 is 40.4 Å². The lowest BCUT2D eigenvalue weighted by molar-refractivity contribution is 0.0522. The Kier molecular flexibility index (Phi) is 10.7. The SMILES string of the molecule is CC.CCCCOC(C)(C)S.O=C(O)c1ccc(Cn2c3ccccc3c3ccccc32)cc1. The van der Waals surface area contributed by atoms with Gasteiger partial charge in [0.1, 0.15) is 4.93 Å². The maximum Gasteiger partial charge on any atom is 0.335 e. The van der Waals surface area contributed by atoms with E-state index in [1.807, 2.05) is 52.0 Å². The molecule has 0 aliphatic carbocycles. The van der Waals surface area contributed by atoms with Crippen LogP contribution in [0, 0.1) is 0 Å². The zero-order valence-electron chi connectivity index (χ0n) is 20.9. The summed E-state index contributed by atoms with van der Waals surface area (Å²) in [5, 5.41) is 11.5. The number of carboxylic acid groups (broad SMARTS) is 1. The molecule has 4 rings (SSSR count). The third kappa shape index (κ3) is 7.64. The predicted molar refractivity (Wildman–Crippen MR) is 147 cm³/mol. The average molecular weight is 480 g/mol. The fraction of sp³-hybridized carbons (Fsp3) is 0.345. The van der Waals surface area contributed by atoms with Gasteiger partial charge in [-0.25, -0.2) is 4.79 Å². The van der Waals surface area contributed by atoms with Gasteiger partial charge in [0.15, 0.2) is 0 Å². The number of carbonyl (C=O) groups is 1. The van der Waals surface area contributed by atoms with Crippen LogP contribution in [0.1, 0.15) is 63.4 Å². The van der Waals surface area contributed by atoms with E-state index in [1.54, 1.807) is 12.1 Å². The third-order valence-corrected chi connectivity index (χ3v) is 5.30. The van der Waals surface area contributed by atoms with Crippen LogP contribution in [-0.4, -0.2) is 27.2 Å². The predicted octanol–water partition coefficient (Wildman–Crippen LogP) is 8.04. The largest absolute Gasteiger partial charge is 0.478 e. The van der Waals surface area contributed by atoms with Gasteiger partial charge in [-0.3, -0.25) is 0 Å². The summed E-state index contributed by atoms with van der Waals surface area (Å²) in [5.74, 6) is -0.895. The maximum absolute atomic E-state index is 11.0. The Morgan fingerprint density at radius 2 is 1.41 bits per heavy atom. The number of para-hydroxylation sites is 2. The van der Waals surface area contributed by atoms with Gasteiger partial charge in [-0.1, -0.05) is 75.7 Å². The van der Waals surface area contributed by atoms with Crippen LogP contribution >= 0.6 is 12.6 Å². The Morgan fingerprint density at radius 1 is 0.912 bits per heavy atom. The van der Waals surface area contributed by atoms with Gasteiger partial charge in [-0.15, -0.1) is 12.6 Å². The number of carboxylic acids is 1. The summed E-state index contributed by atoms with van der Waals surface area (Å²) in [5.41, 5.74) is 3.78. The van der Waals surface area contributed by atoms with Gasteiger partial charge < -0.3 is 14.4 Å². The van der Waals surface area contributed by atoms with Gasteiger partial charge in [0.25, 0.3) is 0 Å². The smallest absolute Gasteiger partial charge is 0.335 e. The highest BCUT2D eigenvalue weighted by Gasteiger charge is 2.11. The molecule has 0 fully saturated rings. The minimum Gasteiger partial charge on any atom is -0.478 e. The van der Waals surface area contributed by atoms with Crippen molar-refractivity contribution in [3.63, 3.8) is 0 Å².